The predicted octanol–water partition coefficient (Wildman–Crippen LogP) is 3.22. The lowest BCUT2D eigenvalue weighted by Crippen LogP contribution is -2.45. The summed E-state index contributed by atoms with van der Waals surface area (Å²) < 4.78 is 0. The molecular formula is C18H23ClN2O. The highest BCUT2D eigenvalue weighted by Crippen LogP contribution is 2.49. The van der Waals surface area contributed by atoms with Crippen molar-refractivity contribution in [3.63, 3.8) is 0 Å². The van der Waals surface area contributed by atoms with Gasteiger partial charge in [-0.05, 0) is 42.5 Å². The van der Waals surface area contributed by atoms with Crippen LogP contribution in [0, 0.1) is 5.92 Å². The van der Waals surface area contributed by atoms with Crippen molar-refractivity contribution in [2.45, 2.75) is 31.7 Å². The van der Waals surface area contributed by atoms with Gasteiger partial charge in [-0.2, -0.15) is 0 Å². The molecule has 0 saturated heterocycles. The van der Waals surface area contributed by atoms with E-state index in [9.17, 15) is 4.79 Å². The van der Waals surface area contributed by atoms with Gasteiger partial charge in [0.25, 0.3) is 0 Å². The summed E-state index contributed by atoms with van der Waals surface area (Å²) >= 11 is 0. The fourth-order valence-electron chi connectivity index (χ4n) is 2.85. The molecule has 0 heterocycles. The molecule has 1 aliphatic carbocycles. The number of nitrogens with one attached hydrogen (secondary N) is 1. The van der Waals surface area contributed by atoms with E-state index < -0.39 is 0 Å². The molecule has 3 nitrogen and oxygen atoms in total. The first-order chi connectivity index (χ1) is 9.96. The van der Waals surface area contributed by atoms with E-state index in [1.165, 1.54) is 16.3 Å². The molecule has 0 aromatic heterocycles. The number of carbonyl (C=O) groups is 1. The number of hydrogen-bond donors (Lipinski definition) is 2. The Balaban J connectivity index is 0.00000176. The van der Waals surface area contributed by atoms with Crippen molar-refractivity contribution in [1.29, 1.82) is 0 Å². The van der Waals surface area contributed by atoms with E-state index in [1.54, 1.807) is 0 Å². The second-order valence-corrected chi connectivity index (χ2v) is 6.72. The van der Waals surface area contributed by atoms with Crippen molar-refractivity contribution < 1.29 is 4.79 Å². The second-order valence-electron chi connectivity index (χ2n) is 6.72. The first kappa shape index (κ1) is 16.8. The lowest BCUT2D eigenvalue weighted by molar-refractivity contribution is -0.122. The zero-order valence-corrected chi connectivity index (χ0v) is 13.8. The van der Waals surface area contributed by atoms with Crippen molar-refractivity contribution in [2.75, 3.05) is 6.54 Å². The molecule has 0 bridgehead atoms. The van der Waals surface area contributed by atoms with Crippen molar-refractivity contribution in [3.8, 4) is 0 Å². The highest BCUT2D eigenvalue weighted by atomic mass is 35.5. The quantitative estimate of drug-likeness (QED) is 0.909. The normalized spacial score (nSPS) is 20.3. The van der Waals surface area contributed by atoms with Crippen LogP contribution in [0.1, 0.15) is 31.7 Å². The Morgan fingerprint density at radius 1 is 1.23 bits per heavy atom. The molecule has 2 aromatic carbocycles. The Bertz CT molecular complexity index is 673. The zero-order valence-electron chi connectivity index (χ0n) is 13.0. The van der Waals surface area contributed by atoms with E-state index in [2.05, 4.69) is 41.7 Å². The molecule has 118 valence electrons. The topological polar surface area (TPSA) is 55.1 Å². The molecule has 2 aromatic rings. The van der Waals surface area contributed by atoms with E-state index >= 15 is 0 Å². The van der Waals surface area contributed by atoms with Crippen LogP contribution in [0.3, 0.4) is 0 Å². The first-order valence-corrected chi connectivity index (χ1v) is 7.50. The SMILES string of the molecule is CC(C)(N)CNC(=O)C1CC1c1cccc2ccccc12.Cl. The third kappa shape index (κ3) is 3.60. The van der Waals surface area contributed by atoms with E-state index in [1.807, 2.05) is 19.9 Å². The molecule has 3 rings (SSSR count). The average molecular weight is 319 g/mol. The van der Waals surface area contributed by atoms with Crippen LogP contribution in [0.4, 0.5) is 0 Å². The maximum atomic E-state index is 12.2. The second kappa shape index (κ2) is 6.27. The van der Waals surface area contributed by atoms with Gasteiger partial charge in [0.15, 0.2) is 0 Å². The van der Waals surface area contributed by atoms with Gasteiger partial charge in [0, 0.05) is 18.0 Å². The number of halogens is 1. The standard InChI is InChI=1S/C18H22N2O.ClH/c1-18(2,19)11-20-17(21)16-10-15(16)14-9-5-7-12-6-3-4-8-13(12)14;/h3-9,15-16H,10-11,19H2,1-2H3,(H,20,21);1H. The van der Waals surface area contributed by atoms with Crippen LogP contribution in [-0.2, 0) is 4.79 Å². The Labute approximate surface area is 137 Å². The molecule has 1 aliphatic rings. The van der Waals surface area contributed by atoms with E-state index in [0.717, 1.165) is 6.42 Å². The third-order valence-electron chi connectivity index (χ3n) is 4.07. The minimum absolute atomic E-state index is 0. The molecule has 2 atom stereocenters. The molecule has 3 N–H and O–H groups in total. The fraction of sp³-hybridized carbons (Fsp3) is 0.389. The van der Waals surface area contributed by atoms with Gasteiger partial charge >= 0.3 is 0 Å². The minimum Gasteiger partial charge on any atom is -0.354 e. The number of nitrogens with two attached hydrogens (primary N) is 1. The highest BCUT2D eigenvalue weighted by Gasteiger charge is 2.44. The number of benzene rings is 2. The Morgan fingerprint density at radius 3 is 2.64 bits per heavy atom. The van der Waals surface area contributed by atoms with Crippen LogP contribution in [0.25, 0.3) is 10.8 Å². The maximum Gasteiger partial charge on any atom is 0.223 e. The number of carbonyl (C=O) groups excluding carboxylic acids is 1. The first-order valence-electron chi connectivity index (χ1n) is 7.50. The Morgan fingerprint density at radius 2 is 1.91 bits per heavy atom. The molecule has 1 fully saturated rings. The van der Waals surface area contributed by atoms with Crippen LogP contribution in [-0.4, -0.2) is 18.0 Å². The summed E-state index contributed by atoms with van der Waals surface area (Å²) in [4.78, 5) is 12.2. The van der Waals surface area contributed by atoms with Gasteiger partial charge in [-0.1, -0.05) is 42.5 Å². The van der Waals surface area contributed by atoms with Crippen LogP contribution in [0.2, 0.25) is 0 Å². The van der Waals surface area contributed by atoms with Crippen LogP contribution >= 0.6 is 12.4 Å². The summed E-state index contributed by atoms with van der Waals surface area (Å²) in [6.45, 7) is 4.36. The molecule has 4 heteroatoms. The smallest absolute Gasteiger partial charge is 0.223 e. The molecule has 2 unspecified atom stereocenters. The van der Waals surface area contributed by atoms with Gasteiger partial charge in [-0.25, -0.2) is 0 Å². The van der Waals surface area contributed by atoms with Gasteiger partial charge in [-0.15, -0.1) is 12.4 Å². The molecule has 0 spiro atoms. The summed E-state index contributed by atoms with van der Waals surface area (Å²) in [6.07, 6.45) is 0.935. The Hall–Kier alpha value is -1.58. The Kier molecular flexibility index (Phi) is 4.78. The van der Waals surface area contributed by atoms with Crippen molar-refractivity contribution in [3.05, 3.63) is 48.0 Å². The molecule has 1 saturated carbocycles. The van der Waals surface area contributed by atoms with Gasteiger partial charge in [-0.3, -0.25) is 4.79 Å². The lowest BCUT2D eigenvalue weighted by atomic mass is 10.00. The van der Waals surface area contributed by atoms with Crippen molar-refractivity contribution in [2.24, 2.45) is 11.7 Å². The van der Waals surface area contributed by atoms with Gasteiger partial charge in [0.2, 0.25) is 5.91 Å². The van der Waals surface area contributed by atoms with Crippen LogP contribution in [0.15, 0.2) is 42.5 Å². The number of rotatable bonds is 4. The van der Waals surface area contributed by atoms with E-state index in [-0.39, 0.29) is 29.8 Å². The zero-order chi connectivity index (χ0) is 15.0. The molecule has 1 amide bonds. The van der Waals surface area contributed by atoms with Crippen molar-refractivity contribution in [1.82, 2.24) is 5.32 Å². The minimum atomic E-state index is -0.362. The average Bonchev–Trinajstić information content (AvgIpc) is 3.24. The summed E-state index contributed by atoms with van der Waals surface area (Å²) in [7, 11) is 0. The molecule has 22 heavy (non-hydrogen) atoms. The molecular weight excluding hydrogens is 296 g/mol. The van der Waals surface area contributed by atoms with Crippen LogP contribution < -0.4 is 11.1 Å². The lowest BCUT2D eigenvalue weighted by Gasteiger charge is -2.18. The maximum absolute atomic E-state index is 12.2. The number of fused-ring (bicyclic) bond motifs is 1. The fourth-order valence-corrected chi connectivity index (χ4v) is 2.85. The summed E-state index contributed by atoms with van der Waals surface area (Å²) in [5.74, 6) is 0.571. The highest BCUT2D eigenvalue weighted by molar-refractivity contribution is 5.89. The third-order valence-corrected chi connectivity index (χ3v) is 4.07. The van der Waals surface area contributed by atoms with Crippen LogP contribution in [0.5, 0.6) is 0 Å². The van der Waals surface area contributed by atoms with E-state index in [4.69, 9.17) is 5.73 Å². The molecule has 0 radical (unpaired) electrons. The number of amides is 1. The van der Waals surface area contributed by atoms with E-state index in [0.29, 0.717) is 12.5 Å². The molecule has 0 aliphatic heterocycles. The largest absolute Gasteiger partial charge is 0.354 e. The summed E-state index contributed by atoms with van der Waals surface area (Å²) in [6, 6.07) is 14.7. The van der Waals surface area contributed by atoms with Gasteiger partial charge in [0.05, 0.1) is 0 Å². The summed E-state index contributed by atoms with van der Waals surface area (Å²) in [5, 5.41) is 5.47. The van der Waals surface area contributed by atoms with Crippen molar-refractivity contribution >= 4 is 29.1 Å². The van der Waals surface area contributed by atoms with Gasteiger partial charge in [0.1, 0.15) is 0 Å². The number of hydrogen-bond acceptors (Lipinski definition) is 2. The predicted molar refractivity (Wildman–Crippen MR) is 93.3 cm³/mol. The monoisotopic (exact) mass is 318 g/mol. The van der Waals surface area contributed by atoms with Gasteiger partial charge < -0.3 is 11.1 Å². The summed E-state index contributed by atoms with van der Waals surface area (Å²) in [5.41, 5.74) is 6.84.